The van der Waals surface area contributed by atoms with Crippen LogP contribution in [-0.4, -0.2) is 25.9 Å². The zero-order valence-corrected chi connectivity index (χ0v) is 14.3. The van der Waals surface area contributed by atoms with Crippen molar-refractivity contribution < 1.29 is 9.21 Å². The fourth-order valence-corrected chi connectivity index (χ4v) is 2.70. The van der Waals surface area contributed by atoms with Gasteiger partial charge in [-0.15, -0.1) is 0 Å². The molecule has 0 aliphatic heterocycles. The topological polar surface area (TPSA) is 88.7 Å². The maximum Gasteiger partial charge on any atom is 0.276 e. The monoisotopic (exact) mass is 367 g/mol. The Morgan fingerprint density at radius 3 is 2.96 bits per heavy atom. The normalized spacial score (nSPS) is 10.8. The first kappa shape index (κ1) is 16.2. The van der Waals surface area contributed by atoms with Crippen molar-refractivity contribution in [1.82, 2.24) is 20.0 Å². The van der Waals surface area contributed by atoms with Crippen LogP contribution >= 0.6 is 11.6 Å². The van der Waals surface area contributed by atoms with E-state index in [0.717, 1.165) is 5.56 Å². The van der Waals surface area contributed by atoms with E-state index in [2.05, 4.69) is 20.6 Å². The first-order valence-corrected chi connectivity index (χ1v) is 8.23. The summed E-state index contributed by atoms with van der Waals surface area (Å²) in [6.07, 6.45) is 4.87. The van der Waals surface area contributed by atoms with Crippen molar-refractivity contribution in [3.05, 3.63) is 77.4 Å². The maximum absolute atomic E-state index is 12.3. The Balaban J connectivity index is 1.44. The van der Waals surface area contributed by atoms with Crippen molar-refractivity contribution in [2.45, 2.75) is 6.54 Å². The highest BCUT2D eigenvalue weighted by Crippen LogP contribution is 2.19. The number of benzene rings is 1. The van der Waals surface area contributed by atoms with Gasteiger partial charge in [-0.1, -0.05) is 29.8 Å². The quantitative estimate of drug-likeness (QED) is 0.561. The van der Waals surface area contributed by atoms with Gasteiger partial charge >= 0.3 is 0 Å². The minimum absolute atomic E-state index is 0.259. The smallest absolute Gasteiger partial charge is 0.276 e. The summed E-state index contributed by atoms with van der Waals surface area (Å²) in [6, 6.07) is 12.7. The van der Waals surface area contributed by atoms with Crippen LogP contribution in [0.3, 0.4) is 0 Å². The summed E-state index contributed by atoms with van der Waals surface area (Å²) in [5.74, 6) is 0.278. The molecule has 0 bridgehead atoms. The van der Waals surface area contributed by atoms with E-state index in [1.165, 1.54) is 0 Å². The minimum Gasteiger partial charge on any atom is -0.463 e. The number of H-pyrrole nitrogens is 1. The average Bonchev–Trinajstić information content (AvgIpc) is 3.38. The first-order valence-electron chi connectivity index (χ1n) is 7.85. The molecule has 0 saturated carbocycles. The summed E-state index contributed by atoms with van der Waals surface area (Å²) < 4.78 is 6.98. The van der Waals surface area contributed by atoms with Crippen LogP contribution in [0.4, 0.5) is 5.69 Å². The van der Waals surface area contributed by atoms with Crippen LogP contribution in [-0.2, 0) is 6.54 Å². The number of carbonyl (C=O) groups excluding carboxylic acids is 1. The number of carbonyl (C=O) groups is 1. The zero-order valence-electron chi connectivity index (χ0n) is 13.5. The molecule has 0 radical (unpaired) electrons. The molecular weight excluding hydrogens is 354 g/mol. The van der Waals surface area contributed by atoms with Gasteiger partial charge in [-0.05, 0) is 23.8 Å². The Morgan fingerprint density at radius 1 is 1.27 bits per heavy atom. The minimum atomic E-state index is -0.337. The van der Waals surface area contributed by atoms with E-state index in [1.54, 1.807) is 41.5 Å². The van der Waals surface area contributed by atoms with Crippen molar-refractivity contribution in [2.75, 3.05) is 5.32 Å². The second-order valence-corrected chi connectivity index (χ2v) is 6.02. The molecule has 26 heavy (non-hydrogen) atoms. The third-order valence-corrected chi connectivity index (χ3v) is 4.15. The van der Waals surface area contributed by atoms with E-state index in [0.29, 0.717) is 28.7 Å². The number of amides is 1. The lowest BCUT2D eigenvalue weighted by Crippen LogP contribution is -2.11. The lowest BCUT2D eigenvalue weighted by Gasteiger charge is -2.03. The molecule has 130 valence electrons. The van der Waals surface area contributed by atoms with Crippen LogP contribution in [0, 0.1) is 0 Å². The Bertz CT molecular complexity index is 1040. The van der Waals surface area contributed by atoms with Crippen LogP contribution in [0.5, 0.6) is 0 Å². The van der Waals surface area contributed by atoms with Crippen LogP contribution in [0.15, 0.2) is 65.5 Å². The highest BCUT2D eigenvalue weighted by Gasteiger charge is 2.14. The summed E-state index contributed by atoms with van der Waals surface area (Å²) in [5.41, 5.74) is 2.42. The number of rotatable bonds is 5. The Kier molecular flexibility index (Phi) is 4.28. The summed E-state index contributed by atoms with van der Waals surface area (Å²) in [7, 11) is 0. The van der Waals surface area contributed by atoms with Gasteiger partial charge in [0.1, 0.15) is 5.69 Å². The van der Waals surface area contributed by atoms with Crippen molar-refractivity contribution >= 4 is 23.2 Å². The molecule has 4 rings (SSSR count). The lowest BCUT2D eigenvalue weighted by atomic mass is 10.2. The molecule has 1 amide bonds. The molecule has 8 heteroatoms. The first-order chi connectivity index (χ1) is 12.7. The molecule has 0 aliphatic carbocycles. The van der Waals surface area contributed by atoms with Crippen LogP contribution in [0.25, 0.3) is 11.5 Å². The van der Waals surface area contributed by atoms with Gasteiger partial charge in [0.15, 0.2) is 11.5 Å². The molecular formula is C18H14ClN5O2. The molecule has 0 unspecified atom stereocenters. The van der Waals surface area contributed by atoms with Gasteiger partial charge in [0.25, 0.3) is 5.91 Å². The number of hydrogen-bond acceptors (Lipinski definition) is 4. The van der Waals surface area contributed by atoms with Crippen LogP contribution < -0.4 is 5.32 Å². The maximum atomic E-state index is 12.3. The van der Waals surface area contributed by atoms with Crippen LogP contribution in [0.1, 0.15) is 16.1 Å². The van der Waals surface area contributed by atoms with E-state index < -0.39 is 0 Å². The second-order valence-electron chi connectivity index (χ2n) is 5.62. The number of aromatic nitrogens is 4. The van der Waals surface area contributed by atoms with Gasteiger partial charge in [0.05, 0.1) is 24.7 Å². The fraction of sp³-hybridized carbons (Fsp3) is 0.0556. The fourth-order valence-electron chi connectivity index (χ4n) is 2.51. The summed E-state index contributed by atoms with van der Waals surface area (Å²) in [4.78, 5) is 12.3. The second kappa shape index (κ2) is 6.89. The van der Waals surface area contributed by atoms with E-state index in [-0.39, 0.29) is 11.6 Å². The SMILES string of the molecule is O=C(Nc1cnn(Cc2ccccc2Cl)c1)c1cc(-c2ccco2)[nH]n1. The van der Waals surface area contributed by atoms with Crippen molar-refractivity contribution in [3.63, 3.8) is 0 Å². The molecule has 0 spiro atoms. The van der Waals surface area contributed by atoms with Gasteiger partial charge in [-0.25, -0.2) is 0 Å². The number of hydrogen-bond donors (Lipinski definition) is 2. The Morgan fingerprint density at radius 2 is 2.15 bits per heavy atom. The average molecular weight is 368 g/mol. The summed E-state index contributed by atoms with van der Waals surface area (Å²) in [6.45, 7) is 0.514. The Hall–Kier alpha value is -3.32. The van der Waals surface area contributed by atoms with Crippen molar-refractivity contribution in [1.29, 1.82) is 0 Å². The van der Waals surface area contributed by atoms with Gasteiger partial charge < -0.3 is 9.73 Å². The predicted octanol–water partition coefficient (Wildman–Crippen LogP) is 3.82. The van der Waals surface area contributed by atoms with E-state index in [9.17, 15) is 4.79 Å². The molecule has 7 nitrogen and oxygen atoms in total. The predicted molar refractivity (Wildman–Crippen MR) is 97.0 cm³/mol. The van der Waals surface area contributed by atoms with E-state index in [4.69, 9.17) is 16.0 Å². The van der Waals surface area contributed by atoms with Gasteiger partial charge in [0, 0.05) is 17.3 Å². The molecule has 0 atom stereocenters. The number of halogens is 1. The molecule has 2 N–H and O–H groups in total. The van der Waals surface area contributed by atoms with E-state index >= 15 is 0 Å². The zero-order chi connectivity index (χ0) is 17.9. The number of aromatic amines is 1. The van der Waals surface area contributed by atoms with Crippen molar-refractivity contribution in [3.8, 4) is 11.5 Å². The Labute approximate surface area is 153 Å². The number of nitrogens with zero attached hydrogens (tertiary/aromatic N) is 3. The highest BCUT2D eigenvalue weighted by atomic mass is 35.5. The standard InChI is InChI=1S/C18H14ClN5O2/c19-14-5-2-1-4-12(14)10-24-11-13(9-20-24)21-18(25)16-8-15(22-23-16)17-6-3-7-26-17/h1-9,11H,10H2,(H,21,25)(H,22,23). The summed E-state index contributed by atoms with van der Waals surface area (Å²) in [5, 5.41) is 14.5. The van der Waals surface area contributed by atoms with Crippen molar-refractivity contribution in [2.24, 2.45) is 0 Å². The third kappa shape index (κ3) is 3.38. The highest BCUT2D eigenvalue weighted by molar-refractivity contribution is 6.31. The number of anilines is 1. The molecule has 0 saturated heterocycles. The number of nitrogens with one attached hydrogen (secondary N) is 2. The summed E-state index contributed by atoms with van der Waals surface area (Å²) >= 11 is 6.16. The molecule has 3 aromatic heterocycles. The third-order valence-electron chi connectivity index (χ3n) is 3.78. The molecule has 0 aliphatic rings. The van der Waals surface area contributed by atoms with Gasteiger partial charge in [0.2, 0.25) is 0 Å². The molecule has 3 heterocycles. The van der Waals surface area contributed by atoms with Gasteiger partial charge in [-0.2, -0.15) is 10.2 Å². The largest absolute Gasteiger partial charge is 0.463 e. The number of furan rings is 1. The molecule has 0 fully saturated rings. The van der Waals surface area contributed by atoms with E-state index in [1.807, 2.05) is 24.3 Å². The molecule has 4 aromatic rings. The molecule has 1 aromatic carbocycles. The van der Waals surface area contributed by atoms with Gasteiger partial charge in [-0.3, -0.25) is 14.6 Å². The van der Waals surface area contributed by atoms with Crippen LogP contribution in [0.2, 0.25) is 5.02 Å². The lowest BCUT2D eigenvalue weighted by molar-refractivity contribution is 0.102.